The Bertz CT molecular complexity index is 820. The molecular formula is C15H14N4O2S. The van der Waals surface area contributed by atoms with Crippen molar-refractivity contribution in [3.8, 4) is 11.4 Å². The number of rotatable bonds is 4. The summed E-state index contributed by atoms with van der Waals surface area (Å²) < 4.78 is 1.52. The Balaban J connectivity index is 1.84. The highest BCUT2D eigenvalue weighted by atomic mass is 32.1. The number of benzene rings is 1. The Kier molecular flexibility index (Phi) is 3.64. The van der Waals surface area contributed by atoms with E-state index in [0.29, 0.717) is 11.4 Å². The third kappa shape index (κ3) is 2.84. The van der Waals surface area contributed by atoms with Crippen molar-refractivity contribution in [2.24, 2.45) is 7.05 Å². The van der Waals surface area contributed by atoms with Gasteiger partial charge in [0.25, 0.3) is 0 Å². The van der Waals surface area contributed by atoms with Gasteiger partial charge in [0.05, 0.1) is 5.69 Å². The van der Waals surface area contributed by atoms with E-state index in [4.69, 9.17) is 5.11 Å². The molecule has 0 spiro atoms. The molecule has 0 saturated carbocycles. The van der Waals surface area contributed by atoms with Crippen molar-refractivity contribution in [2.45, 2.75) is 6.92 Å². The van der Waals surface area contributed by atoms with Crippen LogP contribution in [0, 0.1) is 6.92 Å². The number of hydrogen-bond acceptors (Lipinski definition) is 5. The predicted octanol–water partition coefficient (Wildman–Crippen LogP) is 3.29. The van der Waals surface area contributed by atoms with Crippen LogP contribution in [-0.2, 0) is 7.05 Å². The Morgan fingerprint density at radius 3 is 2.68 bits per heavy atom. The molecule has 7 heteroatoms. The second kappa shape index (κ2) is 5.61. The van der Waals surface area contributed by atoms with Crippen LogP contribution in [0.3, 0.4) is 0 Å². The van der Waals surface area contributed by atoms with E-state index in [1.54, 1.807) is 7.05 Å². The van der Waals surface area contributed by atoms with Crippen LogP contribution in [0.2, 0.25) is 0 Å². The smallest absolute Gasteiger partial charge is 0.356 e. The lowest BCUT2D eigenvalue weighted by atomic mass is 10.2. The van der Waals surface area contributed by atoms with Crippen LogP contribution in [0.4, 0.5) is 10.8 Å². The van der Waals surface area contributed by atoms with Gasteiger partial charge in [-0.2, -0.15) is 5.10 Å². The summed E-state index contributed by atoms with van der Waals surface area (Å²) in [6.45, 7) is 2.04. The Morgan fingerprint density at radius 1 is 1.32 bits per heavy atom. The number of nitrogens with one attached hydrogen (secondary N) is 1. The SMILES string of the molecule is Cc1ccc(Nc2nc(-c3cc(C(=O)O)nn3C)cs2)cc1. The van der Waals surface area contributed by atoms with Gasteiger partial charge < -0.3 is 10.4 Å². The molecule has 6 nitrogen and oxygen atoms in total. The fraction of sp³-hybridized carbons (Fsp3) is 0.133. The van der Waals surface area contributed by atoms with Crippen LogP contribution < -0.4 is 5.32 Å². The second-order valence-electron chi connectivity index (χ2n) is 4.87. The summed E-state index contributed by atoms with van der Waals surface area (Å²) in [6, 6.07) is 9.55. The zero-order valence-electron chi connectivity index (χ0n) is 12.1. The van der Waals surface area contributed by atoms with E-state index in [2.05, 4.69) is 15.4 Å². The molecule has 0 saturated heterocycles. The first-order valence-electron chi connectivity index (χ1n) is 6.60. The highest BCUT2D eigenvalue weighted by Gasteiger charge is 2.15. The zero-order chi connectivity index (χ0) is 15.7. The monoisotopic (exact) mass is 314 g/mol. The van der Waals surface area contributed by atoms with E-state index >= 15 is 0 Å². The molecule has 3 rings (SSSR count). The van der Waals surface area contributed by atoms with E-state index in [1.807, 2.05) is 36.6 Å². The number of anilines is 2. The maximum absolute atomic E-state index is 11.0. The van der Waals surface area contributed by atoms with Crippen LogP contribution in [0.1, 0.15) is 16.1 Å². The number of carboxylic acids is 1. The van der Waals surface area contributed by atoms with Crippen molar-refractivity contribution in [1.29, 1.82) is 0 Å². The van der Waals surface area contributed by atoms with Gasteiger partial charge in [0, 0.05) is 24.2 Å². The van der Waals surface area contributed by atoms with Crippen LogP contribution >= 0.6 is 11.3 Å². The molecule has 0 aliphatic heterocycles. The van der Waals surface area contributed by atoms with Crippen molar-refractivity contribution in [1.82, 2.24) is 14.8 Å². The van der Waals surface area contributed by atoms with Gasteiger partial charge in [-0.3, -0.25) is 4.68 Å². The highest BCUT2D eigenvalue weighted by Crippen LogP contribution is 2.27. The van der Waals surface area contributed by atoms with Gasteiger partial charge in [-0.05, 0) is 19.1 Å². The number of hydrogen-bond donors (Lipinski definition) is 2. The van der Waals surface area contributed by atoms with Gasteiger partial charge in [0.15, 0.2) is 10.8 Å². The van der Waals surface area contributed by atoms with Gasteiger partial charge in [-0.1, -0.05) is 17.7 Å². The van der Waals surface area contributed by atoms with Crippen molar-refractivity contribution in [2.75, 3.05) is 5.32 Å². The molecule has 22 heavy (non-hydrogen) atoms. The summed E-state index contributed by atoms with van der Waals surface area (Å²) in [5, 5.41) is 18.8. The van der Waals surface area contributed by atoms with Crippen molar-refractivity contribution in [3.05, 3.63) is 47.0 Å². The van der Waals surface area contributed by atoms with Gasteiger partial charge in [0.2, 0.25) is 0 Å². The molecule has 2 N–H and O–H groups in total. The average Bonchev–Trinajstić information content (AvgIpc) is 3.08. The number of aromatic carboxylic acids is 1. The van der Waals surface area contributed by atoms with Crippen LogP contribution in [0.5, 0.6) is 0 Å². The van der Waals surface area contributed by atoms with Gasteiger partial charge in [0.1, 0.15) is 5.69 Å². The number of carboxylic acid groups (broad SMARTS) is 1. The number of aryl methyl sites for hydroxylation is 2. The number of carbonyl (C=O) groups is 1. The summed E-state index contributed by atoms with van der Waals surface area (Å²) in [4.78, 5) is 15.5. The fourth-order valence-corrected chi connectivity index (χ4v) is 2.75. The molecule has 0 fully saturated rings. The number of aromatic nitrogens is 3. The molecule has 2 aromatic heterocycles. The first-order chi connectivity index (χ1) is 10.5. The van der Waals surface area contributed by atoms with Crippen LogP contribution in [-0.4, -0.2) is 25.8 Å². The minimum atomic E-state index is -1.05. The third-order valence-corrected chi connectivity index (χ3v) is 3.93. The van der Waals surface area contributed by atoms with E-state index < -0.39 is 5.97 Å². The first-order valence-corrected chi connectivity index (χ1v) is 7.48. The molecule has 1 aromatic carbocycles. The minimum absolute atomic E-state index is 0.0125. The van der Waals surface area contributed by atoms with Crippen molar-refractivity contribution < 1.29 is 9.90 Å². The summed E-state index contributed by atoms with van der Waals surface area (Å²) >= 11 is 1.46. The van der Waals surface area contributed by atoms with Crippen LogP contribution in [0.25, 0.3) is 11.4 Å². The molecule has 0 radical (unpaired) electrons. The summed E-state index contributed by atoms with van der Waals surface area (Å²) in [7, 11) is 1.70. The maximum Gasteiger partial charge on any atom is 0.356 e. The minimum Gasteiger partial charge on any atom is -0.476 e. The first kappa shape index (κ1) is 14.3. The van der Waals surface area contributed by atoms with Gasteiger partial charge >= 0.3 is 5.97 Å². The molecule has 3 aromatic rings. The lowest BCUT2D eigenvalue weighted by Crippen LogP contribution is -1.99. The van der Waals surface area contributed by atoms with Gasteiger partial charge in [-0.15, -0.1) is 11.3 Å². The Hall–Kier alpha value is -2.67. The van der Waals surface area contributed by atoms with E-state index in [-0.39, 0.29) is 5.69 Å². The lowest BCUT2D eigenvalue weighted by molar-refractivity contribution is 0.0689. The molecule has 112 valence electrons. The molecule has 0 atom stereocenters. The molecule has 0 amide bonds. The summed E-state index contributed by atoms with van der Waals surface area (Å²) in [5.74, 6) is -1.05. The molecule has 2 heterocycles. The molecular weight excluding hydrogens is 300 g/mol. The summed E-state index contributed by atoms with van der Waals surface area (Å²) in [6.07, 6.45) is 0. The highest BCUT2D eigenvalue weighted by molar-refractivity contribution is 7.14. The standard InChI is InChI=1S/C15H14N4O2S/c1-9-3-5-10(6-4-9)16-15-17-12(8-22-15)13-7-11(14(20)21)18-19(13)2/h3-8H,1-2H3,(H,16,17)(H,20,21). The second-order valence-corrected chi connectivity index (χ2v) is 5.73. The topological polar surface area (TPSA) is 80.0 Å². The molecule has 0 aliphatic carbocycles. The van der Waals surface area contributed by atoms with Crippen molar-refractivity contribution >= 4 is 28.1 Å². The molecule has 0 aliphatic rings. The Labute approximate surface area is 131 Å². The van der Waals surface area contributed by atoms with Gasteiger partial charge in [-0.25, -0.2) is 9.78 Å². The molecule has 0 bridgehead atoms. The quantitative estimate of drug-likeness (QED) is 0.772. The van der Waals surface area contributed by atoms with E-state index in [1.165, 1.54) is 27.6 Å². The van der Waals surface area contributed by atoms with Crippen molar-refractivity contribution in [3.63, 3.8) is 0 Å². The Morgan fingerprint density at radius 2 is 2.05 bits per heavy atom. The lowest BCUT2D eigenvalue weighted by Gasteiger charge is -2.02. The average molecular weight is 314 g/mol. The molecule has 0 unspecified atom stereocenters. The fourth-order valence-electron chi connectivity index (χ4n) is 2.02. The number of thiazole rings is 1. The van der Waals surface area contributed by atoms with E-state index in [9.17, 15) is 4.79 Å². The normalized spacial score (nSPS) is 10.6. The zero-order valence-corrected chi connectivity index (χ0v) is 12.9. The predicted molar refractivity (Wildman–Crippen MR) is 85.7 cm³/mol. The maximum atomic E-state index is 11.0. The third-order valence-electron chi connectivity index (χ3n) is 3.17. The summed E-state index contributed by atoms with van der Waals surface area (Å²) in [5.41, 5.74) is 3.54. The van der Waals surface area contributed by atoms with Crippen LogP contribution in [0.15, 0.2) is 35.7 Å². The number of nitrogens with zero attached hydrogens (tertiary/aromatic N) is 3. The largest absolute Gasteiger partial charge is 0.476 e. The van der Waals surface area contributed by atoms with E-state index in [0.717, 1.165) is 10.8 Å².